The van der Waals surface area contributed by atoms with Gasteiger partial charge in [0.1, 0.15) is 17.5 Å². The van der Waals surface area contributed by atoms with Crippen molar-refractivity contribution in [2.75, 3.05) is 5.32 Å². The van der Waals surface area contributed by atoms with Gasteiger partial charge in [-0.2, -0.15) is 0 Å². The third-order valence-electron chi connectivity index (χ3n) is 3.29. The fourth-order valence-corrected chi connectivity index (χ4v) is 3.46. The van der Waals surface area contributed by atoms with Crippen molar-refractivity contribution in [3.63, 3.8) is 0 Å². The summed E-state index contributed by atoms with van der Waals surface area (Å²) in [5.41, 5.74) is -0.154. The number of rotatable bonds is 3. The van der Waals surface area contributed by atoms with Gasteiger partial charge >= 0.3 is 0 Å². The Kier molecular flexibility index (Phi) is 4.49. The van der Waals surface area contributed by atoms with Gasteiger partial charge < -0.3 is 5.32 Å². The van der Waals surface area contributed by atoms with Crippen LogP contribution in [0.5, 0.6) is 0 Å². The number of nitrogens with zero attached hydrogens (tertiary/aromatic N) is 1. The quantitative estimate of drug-likeness (QED) is 0.726. The normalized spacial score (nSPS) is 12.7. The number of hydrogen-bond acceptors (Lipinski definition) is 2. The maximum atomic E-state index is 14.3. The molecular weight excluding hydrogens is 350 g/mol. The molecule has 0 fully saturated rings. The monoisotopic (exact) mass is 370 g/mol. The summed E-state index contributed by atoms with van der Waals surface area (Å²) >= 11 is 3.30. The number of pyridine rings is 1. The van der Waals surface area contributed by atoms with Gasteiger partial charge in [0.25, 0.3) is 0 Å². The summed E-state index contributed by atoms with van der Waals surface area (Å²) in [4.78, 5) is 4.29. The summed E-state index contributed by atoms with van der Waals surface area (Å²) in [6.07, 6.45) is 2.44. The van der Waals surface area contributed by atoms with E-state index < -0.39 is 11.6 Å². The first-order valence-electron chi connectivity index (χ1n) is 7.20. The average Bonchev–Trinajstić information content (AvgIpc) is 2.29. The van der Waals surface area contributed by atoms with E-state index in [1.807, 2.05) is 0 Å². The average molecular weight is 371 g/mol. The maximum Gasteiger partial charge on any atom is 0.137 e. The molecule has 0 amide bonds. The van der Waals surface area contributed by atoms with Crippen LogP contribution in [0.1, 0.15) is 41.0 Å². The summed E-state index contributed by atoms with van der Waals surface area (Å²) in [5, 5.41) is 4.09. The van der Waals surface area contributed by atoms with Crippen LogP contribution < -0.4 is 5.32 Å². The molecule has 0 spiro atoms. The molecular formula is C17H21BrF2N2. The fraction of sp³-hybridized carbons (Fsp3) is 0.471. The molecule has 0 bridgehead atoms. The van der Waals surface area contributed by atoms with E-state index in [-0.39, 0.29) is 11.0 Å². The van der Waals surface area contributed by atoms with Crippen molar-refractivity contribution in [3.05, 3.63) is 34.4 Å². The third-order valence-corrected chi connectivity index (χ3v) is 3.92. The molecule has 1 heterocycles. The number of fused-ring (bicyclic) bond motifs is 1. The zero-order valence-corrected chi connectivity index (χ0v) is 15.1. The fourth-order valence-electron chi connectivity index (χ4n) is 3.04. The molecule has 22 heavy (non-hydrogen) atoms. The summed E-state index contributed by atoms with van der Waals surface area (Å²) < 4.78 is 28.3. The lowest BCUT2D eigenvalue weighted by atomic mass is 9.82. The van der Waals surface area contributed by atoms with Gasteiger partial charge in [0.2, 0.25) is 0 Å². The van der Waals surface area contributed by atoms with Crippen molar-refractivity contribution in [3.8, 4) is 0 Å². The molecule has 0 saturated carbocycles. The molecule has 0 atom stereocenters. The first-order chi connectivity index (χ1) is 9.98. The van der Waals surface area contributed by atoms with E-state index in [2.05, 4.69) is 60.8 Å². The highest BCUT2D eigenvalue weighted by Gasteiger charge is 2.27. The van der Waals surface area contributed by atoms with Crippen LogP contribution >= 0.6 is 15.9 Å². The van der Waals surface area contributed by atoms with Gasteiger partial charge in [0.05, 0.1) is 5.39 Å². The minimum Gasteiger partial charge on any atom is -0.365 e. The predicted octanol–water partition coefficient (Wildman–Crippen LogP) is 5.90. The lowest BCUT2D eigenvalue weighted by molar-refractivity contribution is 0.302. The molecule has 0 saturated heterocycles. The molecule has 2 aromatic rings. The Labute approximate surface area is 138 Å². The van der Waals surface area contributed by atoms with E-state index in [1.54, 1.807) is 6.20 Å². The maximum absolute atomic E-state index is 14.3. The van der Waals surface area contributed by atoms with Crippen LogP contribution in [0.3, 0.4) is 0 Å². The molecule has 2 nitrogen and oxygen atoms in total. The van der Waals surface area contributed by atoms with Gasteiger partial charge in [-0.15, -0.1) is 0 Å². The Balaban J connectivity index is 2.51. The van der Waals surface area contributed by atoms with E-state index in [4.69, 9.17) is 0 Å². The Morgan fingerprint density at radius 2 is 1.77 bits per heavy atom. The standard InChI is InChI=1S/C17H21BrF2N2/c1-16(2,3)9-17(4,5)22-15-14-11(12(18)8-21-15)6-10(19)7-13(14)20/h6-8H,9H2,1-5H3,(H,21,22). The summed E-state index contributed by atoms with van der Waals surface area (Å²) in [6.45, 7) is 10.6. The number of halogens is 3. The summed E-state index contributed by atoms with van der Waals surface area (Å²) in [5.74, 6) is -0.778. The predicted molar refractivity (Wildman–Crippen MR) is 91.1 cm³/mol. The van der Waals surface area contributed by atoms with Crippen molar-refractivity contribution in [1.82, 2.24) is 4.98 Å². The highest BCUT2D eigenvalue weighted by atomic mass is 79.9. The number of aromatic nitrogens is 1. The molecule has 1 aromatic carbocycles. The van der Waals surface area contributed by atoms with Crippen molar-refractivity contribution in [2.24, 2.45) is 5.41 Å². The molecule has 1 aromatic heterocycles. The Morgan fingerprint density at radius 1 is 1.14 bits per heavy atom. The molecule has 120 valence electrons. The smallest absolute Gasteiger partial charge is 0.137 e. The van der Waals surface area contributed by atoms with Crippen molar-refractivity contribution < 1.29 is 8.78 Å². The molecule has 1 N–H and O–H groups in total. The lowest BCUT2D eigenvalue weighted by Crippen LogP contribution is -2.35. The molecule has 5 heteroatoms. The Morgan fingerprint density at radius 3 is 2.36 bits per heavy atom. The van der Waals surface area contributed by atoms with Crippen LogP contribution in [-0.2, 0) is 0 Å². The summed E-state index contributed by atoms with van der Waals surface area (Å²) in [6, 6.07) is 2.20. The molecule has 0 aliphatic carbocycles. The van der Waals surface area contributed by atoms with Crippen molar-refractivity contribution >= 4 is 32.5 Å². The van der Waals surface area contributed by atoms with Gasteiger partial charge in [-0.1, -0.05) is 20.8 Å². The van der Waals surface area contributed by atoms with Crippen molar-refractivity contribution in [1.29, 1.82) is 0 Å². The second kappa shape index (κ2) is 5.76. The van der Waals surface area contributed by atoms with Crippen LogP contribution in [0.25, 0.3) is 10.8 Å². The number of nitrogens with one attached hydrogen (secondary N) is 1. The first-order valence-corrected chi connectivity index (χ1v) is 7.99. The third kappa shape index (κ3) is 3.94. The number of anilines is 1. The van der Waals surface area contributed by atoms with E-state index in [0.29, 0.717) is 21.1 Å². The minimum atomic E-state index is -0.613. The SMILES string of the molecule is CC(C)(C)CC(C)(C)Nc1ncc(Br)c2cc(F)cc(F)c12. The second-order valence-electron chi connectivity index (χ2n) is 7.51. The van der Waals surface area contributed by atoms with Crippen molar-refractivity contribution in [2.45, 2.75) is 46.6 Å². The van der Waals surface area contributed by atoms with Crippen LogP contribution in [0.4, 0.5) is 14.6 Å². The topological polar surface area (TPSA) is 24.9 Å². The highest BCUT2D eigenvalue weighted by molar-refractivity contribution is 9.10. The van der Waals surface area contributed by atoms with E-state index in [1.165, 1.54) is 6.07 Å². The van der Waals surface area contributed by atoms with E-state index in [9.17, 15) is 8.78 Å². The van der Waals surface area contributed by atoms with E-state index >= 15 is 0 Å². The largest absolute Gasteiger partial charge is 0.365 e. The zero-order valence-electron chi connectivity index (χ0n) is 13.5. The van der Waals surface area contributed by atoms with Crippen LogP contribution in [0.2, 0.25) is 0 Å². The van der Waals surface area contributed by atoms with Gasteiger partial charge in [-0.3, -0.25) is 0 Å². The molecule has 0 radical (unpaired) electrons. The first kappa shape index (κ1) is 17.1. The Hall–Kier alpha value is -1.23. The van der Waals surface area contributed by atoms with Gasteiger partial charge in [-0.25, -0.2) is 13.8 Å². The number of hydrogen-bond donors (Lipinski definition) is 1. The van der Waals surface area contributed by atoms with Crippen LogP contribution in [0, 0.1) is 17.0 Å². The highest BCUT2D eigenvalue weighted by Crippen LogP contribution is 2.35. The summed E-state index contributed by atoms with van der Waals surface area (Å²) in [7, 11) is 0. The second-order valence-corrected chi connectivity index (χ2v) is 8.37. The van der Waals surface area contributed by atoms with Gasteiger partial charge in [0, 0.05) is 27.7 Å². The number of benzene rings is 1. The Bertz CT molecular complexity index is 706. The van der Waals surface area contributed by atoms with Crippen LogP contribution in [-0.4, -0.2) is 10.5 Å². The van der Waals surface area contributed by atoms with Gasteiger partial charge in [-0.05, 0) is 47.7 Å². The van der Waals surface area contributed by atoms with Gasteiger partial charge in [0.15, 0.2) is 0 Å². The molecule has 0 aliphatic heterocycles. The molecule has 0 aliphatic rings. The molecule has 2 rings (SSSR count). The molecule has 0 unspecified atom stereocenters. The minimum absolute atomic E-state index is 0.117. The zero-order chi connectivity index (χ0) is 16.7. The van der Waals surface area contributed by atoms with E-state index in [0.717, 1.165) is 12.5 Å². The van der Waals surface area contributed by atoms with Crippen LogP contribution in [0.15, 0.2) is 22.8 Å². The lowest BCUT2D eigenvalue weighted by Gasteiger charge is -2.34.